The van der Waals surface area contributed by atoms with Crippen LogP contribution in [0.4, 0.5) is 0 Å². The molecule has 0 fully saturated rings. The molecule has 0 radical (unpaired) electrons. The van der Waals surface area contributed by atoms with Crippen LogP contribution in [0.5, 0.6) is 0 Å². The van der Waals surface area contributed by atoms with Gasteiger partial charge in [0.25, 0.3) is 0 Å². The molecule has 0 aliphatic carbocycles. The summed E-state index contributed by atoms with van der Waals surface area (Å²) in [5.74, 6) is -0.516. The molecule has 0 atom stereocenters. The molecular weight excluding hydrogens is 385 g/mol. The smallest absolute Gasteiger partial charge is 0.322 e. The molecule has 0 saturated heterocycles. The maximum absolute atomic E-state index is 13.3. The first-order chi connectivity index (χ1) is 12.7. The lowest BCUT2D eigenvalue weighted by atomic mass is 10.4. The average Bonchev–Trinajstić information content (AvgIpc) is 2.65. The normalized spacial score (nSPS) is 11.2. The van der Waals surface area contributed by atoms with Gasteiger partial charge in [-0.05, 0) is 47.0 Å². The van der Waals surface area contributed by atoms with Crippen molar-refractivity contribution < 1.29 is 13.8 Å². The van der Waals surface area contributed by atoms with Crippen LogP contribution in [0.1, 0.15) is 0 Å². The standard InChI is InChI=1S/C19H22NO3PS2/c1-2-13-20-14-15-22-16-17-23-24(21,25-18-9-5-3-6-10-18)26-19-11-7-4-8-12-19/h1,3-12,20H,13-17H2. The first-order valence-corrected chi connectivity index (χ1v) is 12.6. The van der Waals surface area contributed by atoms with E-state index in [1.54, 1.807) is 0 Å². The van der Waals surface area contributed by atoms with E-state index in [0.717, 1.165) is 9.79 Å². The van der Waals surface area contributed by atoms with E-state index in [0.29, 0.717) is 26.3 Å². The number of benzene rings is 2. The molecule has 138 valence electrons. The Hall–Kier alpha value is -1.19. The zero-order valence-corrected chi connectivity index (χ0v) is 16.9. The van der Waals surface area contributed by atoms with Crippen molar-refractivity contribution >= 4 is 28.5 Å². The fourth-order valence-electron chi connectivity index (χ4n) is 1.91. The molecule has 2 rings (SSSR count). The highest BCUT2D eigenvalue weighted by molar-refractivity contribution is 8.89. The van der Waals surface area contributed by atoms with Crippen LogP contribution in [-0.4, -0.2) is 32.9 Å². The van der Waals surface area contributed by atoms with Gasteiger partial charge in [0.05, 0.1) is 26.4 Å². The summed E-state index contributed by atoms with van der Waals surface area (Å²) in [6.45, 7) is 2.39. The van der Waals surface area contributed by atoms with Gasteiger partial charge in [-0.3, -0.25) is 4.57 Å². The third-order valence-corrected chi connectivity index (χ3v) is 9.54. The molecule has 0 aliphatic rings. The van der Waals surface area contributed by atoms with Crippen molar-refractivity contribution in [1.29, 1.82) is 0 Å². The van der Waals surface area contributed by atoms with Crippen molar-refractivity contribution in [3.8, 4) is 12.3 Å². The molecule has 0 saturated carbocycles. The number of hydrogen-bond acceptors (Lipinski definition) is 6. The fraction of sp³-hybridized carbons (Fsp3) is 0.263. The fourth-order valence-corrected chi connectivity index (χ4v) is 8.46. The van der Waals surface area contributed by atoms with Crippen LogP contribution >= 0.6 is 28.5 Å². The molecular formula is C19H22NO3PS2. The van der Waals surface area contributed by atoms with E-state index < -0.39 is 5.77 Å². The summed E-state index contributed by atoms with van der Waals surface area (Å²) < 4.78 is 24.6. The third kappa shape index (κ3) is 8.46. The van der Waals surface area contributed by atoms with E-state index in [1.807, 2.05) is 60.7 Å². The van der Waals surface area contributed by atoms with Gasteiger partial charge in [0.15, 0.2) is 0 Å². The van der Waals surface area contributed by atoms with Gasteiger partial charge < -0.3 is 14.6 Å². The van der Waals surface area contributed by atoms with Crippen LogP contribution in [-0.2, 0) is 13.8 Å². The third-order valence-electron chi connectivity index (χ3n) is 3.05. The summed E-state index contributed by atoms with van der Waals surface area (Å²) in [4.78, 5) is 1.83. The van der Waals surface area contributed by atoms with Crippen molar-refractivity contribution in [2.75, 3.05) is 32.9 Å². The minimum atomic E-state index is -3.02. The van der Waals surface area contributed by atoms with Gasteiger partial charge >= 0.3 is 5.77 Å². The molecule has 7 heteroatoms. The molecule has 4 nitrogen and oxygen atoms in total. The van der Waals surface area contributed by atoms with Crippen LogP contribution in [0.15, 0.2) is 70.5 Å². The zero-order chi connectivity index (χ0) is 18.5. The maximum atomic E-state index is 13.3. The number of nitrogens with one attached hydrogen (secondary N) is 1. The largest absolute Gasteiger partial charge is 0.378 e. The number of terminal acetylenes is 1. The van der Waals surface area contributed by atoms with Crippen LogP contribution in [0.3, 0.4) is 0 Å². The highest BCUT2D eigenvalue weighted by Crippen LogP contribution is 2.73. The zero-order valence-electron chi connectivity index (χ0n) is 14.4. The van der Waals surface area contributed by atoms with Crippen molar-refractivity contribution in [2.24, 2.45) is 0 Å². The summed E-state index contributed by atoms with van der Waals surface area (Å²) in [5.41, 5.74) is 0. The molecule has 0 heterocycles. The summed E-state index contributed by atoms with van der Waals surface area (Å²) in [6, 6.07) is 19.3. The molecule has 0 aliphatic heterocycles. The second kappa shape index (κ2) is 12.2. The van der Waals surface area contributed by atoms with E-state index in [9.17, 15) is 4.57 Å². The Kier molecular flexibility index (Phi) is 9.94. The second-order valence-corrected chi connectivity index (χ2v) is 12.2. The molecule has 2 aromatic rings. The molecule has 1 N–H and O–H groups in total. The van der Waals surface area contributed by atoms with E-state index in [-0.39, 0.29) is 6.61 Å². The molecule has 26 heavy (non-hydrogen) atoms. The van der Waals surface area contributed by atoms with E-state index in [2.05, 4.69) is 11.2 Å². The van der Waals surface area contributed by atoms with Crippen molar-refractivity contribution in [3.05, 3.63) is 60.7 Å². The van der Waals surface area contributed by atoms with E-state index in [4.69, 9.17) is 15.7 Å². The van der Waals surface area contributed by atoms with Crippen LogP contribution in [0.2, 0.25) is 0 Å². The van der Waals surface area contributed by atoms with Gasteiger partial charge in [-0.25, -0.2) is 0 Å². The number of hydrogen-bond donors (Lipinski definition) is 1. The van der Waals surface area contributed by atoms with Crippen LogP contribution in [0.25, 0.3) is 0 Å². The minimum absolute atomic E-state index is 0.270. The topological polar surface area (TPSA) is 47.6 Å². The van der Waals surface area contributed by atoms with Gasteiger partial charge in [-0.15, -0.1) is 6.42 Å². The van der Waals surface area contributed by atoms with Crippen LogP contribution < -0.4 is 5.32 Å². The van der Waals surface area contributed by atoms with Gasteiger partial charge in [0.1, 0.15) is 0 Å². The Bertz CT molecular complexity index is 677. The molecule has 0 unspecified atom stereocenters. The summed E-state index contributed by atoms with van der Waals surface area (Å²) in [6.07, 6.45) is 5.16. The van der Waals surface area contributed by atoms with Gasteiger partial charge in [0.2, 0.25) is 0 Å². The quantitative estimate of drug-likeness (QED) is 0.306. The Balaban J connectivity index is 1.87. The Morgan fingerprint density at radius 1 is 0.923 bits per heavy atom. The second-order valence-electron chi connectivity index (χ2n) is 5.08. The molecule has 0 bridgehead atoms. The maximum Gasteiger partial charge on any atom is 0.322 e. The molecule has 0 aromatic heterocycles. The molecule has 0 amide bonds. The van der Waals surface area contributed by atoms with Crippen LogP contribution in [0, 0.1) is 12.3 Å². The molecule has 0 spiro atoms. The van der Waals surface area contributed by atoms with Gasteiger partial charge in [0, 0.05) is 16.3 Å². The number of ether oxygens (including phenoxy) is 1. The predicted octanol–water partition coefficient (Wildman–Crippen LogP) is 4.94. The summed E-state index contributed by atoms with van der Waals surface area (Å²) >= 11 is 2.53. The lowest BCUT2D eigenvalue weighted by Gasteiger charge is -2.17. The Labute approximate surface area is 163 Å². The van der Waals surface area contributed by atoms with Gasteiger partial charge in [-0.1, -0.05) is 42.3 Å². The van der Waals surface area contributed by atoms with Crippen molar-refractivity contribution in [2.45, 2.75) is 9.79 Å². The Morgan fingerprint density at radius 3 is 2.04 bits per heavy atom. The predicted molar refractivity (Wildman–Crippen MR) is 111 cm³/mol. The number of rotatable bonds is 12. The monoisotopic (exact) mass is 407 g/mol. The minimum Gasteiger partial charge on any atom is -0.378 e. The lowest BCUT2D eigenvalue weighted by Crippen LogP contribution is -2.20. The van der Waals surface area contributed by atoms with E-state index in [1.165, 1.54) is 22.8 Å². The Morgan fingerprint density at radius 2 is 1.50 bits per heavy atom. The van der Waals surface area contributed by atoms with Gasteiger partial charge in [-0.2, -0.15) is 0 Å². The average molecular weight is 407 g/mol. The lowest BCUT2D eigenvalue weighted by molar-refractivity contribution is 0.106. The van der Waals surface area contributed by atoms with Crippen molar-refractivity contribution in [3.63, 3.8) is 0 Å². The summed E-state index contributed by atoms with van der Waals surface area (Å²) in [5, 5.41) is 3.04. The SMILES string of the molecule is C#CCNCCOCCOP(=O)(Sc1ccccc1)Sc1ccccc1. The highest BCUT2D eigenvalue weighted by Gasteiger charge is 2.27. The molecule has 2 aromatic carbocycles. The van der Waals surface area contributed by atoms with E-state index >= 15 is 0 Å². The summed E-state index contributed by atoms with van der Waals surface area (Å²) in [7, 11) is 0. The first-order valence-electron chi connectivity index (χ1n) is 8.18. The first kappa shape index (κ1) is 21.1. The highest BCUT2D eigenvalue weighted by atomic mass is 33.1. The van der Waals surface area contributed by atoms with Crippen molar-refractivity contribution in [1.82, 2.24) is 5.32 Å².